The average Bonchev–Trinajstić information content (AvgIpc) is 1.71. The van der Waals surface area contributed by atoms with Crippen molar-refractivity contribution >= 4 is 13.6 Å². The summed E-state index contributed by atoms with van der Waals surface area (Å²) in [6, 6.07) is 0. The minimum absolute atomic E-state index is 0.854. The van der Waals surface area contributed by atoms with Crippen molar-refractivity contribution in [2.45, 2.75) is 6.18 Å². The molecule has 8 heavy (non-hydrogen) atoms. The standard InChI is InChI=1S/C3H2F3.BrH.Zn/c1-2-3(4,5)6;;/h1H2;1H;/q-1;;+2/p-1. The zero-order chi connectivity index (χ0) is 7.21. The zero-order valence-electron chi connectivity index (χ0n) is 3.93. The summed E-state index contributed by atoms with van der Waals surface area (Å²) in [6.07, 6.45) is -3.47. The third-order valence-electron chi connectivity index (χ3n) is 0.200. The minimum atomic E-state index is -4.32. The van der Waals surface area contributed by atoms with Gasteiger partial charge in [0.05, 0.1) is 0 Å². The third-order valence-corrected chi connectivity index (χ3v) is 0.200. The Morgan fingerprint density at radius 1 is 1.38 bits per heavy atom. The number of alkyl halides is 3. The van der Waals surface area contributed by atoms with Crippen LogP contribution in [0.2, 0.25) is 0 Å². The van der Waals surface area contributed by atoms with Gasteiger partial charge in [-0.2, -0.15) is 0 Å². The zero-order valence-corrected chi connectivity index (χ0v) is 8.48. The predicted molar refractivity (Wildman–Crippen MR) is 23.9 cm³/mol. The second kappa shape index (κ2) is 5.76. The van der Waals surface area contributed by atoms with Crippen LogP contribution in [0.3, 0.4) is 0 Å². The van der Waals surface area contributed by atoms with Crippen molar-refractivity contribution in [1.29, 1.82) is 0 Å². The summed E-state index contributed by atoms with van der Waals surface area (Å²) in [5.74, 6) is 0. The Bertz CT molecular complexity index is 60.0. The van der Waals surface area contributed by atoms with Gasteiger partial charge in [-0.25, -0.2) is 13.2 Å². The van der Waals surface area contributed by atoms with Gasteiger partial charge in [0.15, 0.2) is 0 Å². The molecule has 44 valence electrons. The molecular formula is C3H2BrF3Zn. The van der Waals surface area contributed by atoms with Crippen LogP contribution in [0.25, 0.3) is 0 Å². The van der Waals surface area contributed by atoms with Gasteiger partial charge in [-0.05, 0) is 0 Å². The molecule has 0 aliphatic heterocycles. The van der Waals surface area contributed by atoms with Gasteiger partial charge in [0.25, 0.3) is 6.18 Å². The van der Waals surface area contributed by atoms with E-state index in [-0.39, 0.29) is 0 Å². The fourth-order valence-electron chi connectivity index (χ4n) is 0. The van der Waals surface area contributed by atoms with E-state index < -0.39 is 6.18 Å². The fourth-order valence-corrected chi connectivity index (χ4v) is 0. The van der Waals surface area contributed by atoms with E-state index in [1.54, 1.807) is 0 Å². The van der Waals surface area contributed by atoms with Gasteiger partial charge in [0.2, 0.25) is 0 Å². The molecule has 5 heteroatoms. The molecule has 0 aromatic rings. The molecule has 0 aliphatic rings. The first kappa shape index (κ1) is 11.4. The number of allylic oxidation sites excluding steroid dienone is 1. The first-order valence-electron chi connectivity index (χ1n) is 1.44. The molecule has 0 atom stereocenters. The fraction of sp³-hybridized carbons (Fsp3) is 0.333. The molecule has 0 fully saturated rings. The normalized spacial score (nSPS) is 9.25. The van der Waals surface area contributed by atoms with Crippen LogP contribution in [0.4, 0.5) is 13.2 Å². The van der Waals surface area contributed by atoms with Crippen molar-refractivity contribution in [3.8, 4) is 0 Å². The first-order chi connectivity index (χ1) is 3.56. The molecule has 0 bridgehead atoms. The molecule has 0 radical (unpaired) electrons. The summed E-state index contributed by atoms with van der Waals surface area (Å²) < 4.78 is 31.8. The van der Waals surface area contributed by atoms with Crippen molar-refractivity contribution in [2.75, 3.05) is 0 Å². The van der Waals surface area contributed by atoms with Crippen LogP contribution in [0.5, 0.6) is 0 Å². The van der Waals surface area contributed by atoms with Crippen molar-refractivity contribution < 1.29 is 29.5 Å². The van der Waals surface area contributed by atoms with E-state index in [4.69, 9.17) is 0 Å². The van der Waals surface area contributed by atoms with Crippen LogP contribution in [0.1, 0.15) is 0 Å². The van der Waals surface area contributed by atoms with E-state index in [2.05, 4.69) is 20.2 Å². The van der Waals surface area contributed by atoms with Crippen LogP contribution in [0.15, 0.2) is 6.58 Å². The Labute approximate surface area is 62.2 Å². The number of hydrogen-bond acceptors (Lipinski definition) is 0. The van der Waals surface area contributed by atoms with Gasteiger partial charge in [0.1, 0.15) is 0 Å². The molecule has 0 heterocycles. The third kappa shape index (κ3) is 15.9. The first-order valence-corrected chi connectivity index (χ1v) is 8.39. The van der Waals surface area contributed by atoms with Crippen LogP contribution in [-0.2, 0) is 16.3 Å². The summed E-state index contributed by atoms with van der Waals surface area (Å²) in [5, 5.41) is 0. The maximum atomic E-state index is 10.6. The van der Waals surface area contributed by atoms with Gasteiger partial charge in [-0.1, -0.05) is 0 Å². The molecule has 0 nitrogen and oxygen atoms in total. The Kier molecular flexibility index (Phi) is 8.24. The predicted octanol–water partition coefficient (Wildman–Crippen LogP) is 2.38. The van der Waals surface area contributed by atoms with Gasteiger partial charge >= 0.3 is 30.0 Å². The summed E-state index contributed by atoms with van der Waals surface area (Å²) in [5.41, 5.74) is 0. The molecule has 0 unspecified atom stereocenters. The molecular weight excluding hydrogens is 238 g/mol. The second-order valence-electron chi connectivity index (χ2n) is 0.675. The van der Waals surface area contributed by atoms with Crippen molar-refractivity contribution in [3.05, 3.63) is 12.7 Å². The molecule has 0 saturated heterocycles. The van der Waals surface area contributed by atoms with Crippen LogP contribution < -0.4 is 0 Å². The van der Waals surface area contributed by atoms with Crippen LogP contribution in [0, 0.1) is 6.08 Å². The van der Waals surface area contributed by atoms with E-state index >= 15 is 0 Å². The molecule has 0 rings (SSSR count). The van der Waals surface area contributed by atoms with E-state index in [0.29, 0.717) is 0 Å². The maximum absolute atomic E-state index is 10.6. The Morgan fingerprint density at radius 2 is 1.50 bits per heavy atom. The van der Waals surface area contributed by atoms with Crippen LogP contribution >= 0.6 is 13.6 Å². The quantitative estimate of drug-likeness (QED) is 0.450. The number of halogens is 4. The number of rotatable bonds is 0. The van der Waals surface area contributed by atoms with E-state index in [0.717, 1.165) is 6.08 Å². The summed E-state index contributed by atoms with van der Waals surface area (Å²) in [7, 11) is 0. The summed E-state index contributed by atoms with van der Waals surface area (Å²) in [6.45, 7) is 2.38. The molecule has 0 aliphatic carbocycles. The monoisotopic (exact) mass is 238 g/mol. The SMILES string of the molecule is C=[C-]C(F)(F)F.[Zn+][Br]. The topological polar surface area (TPSA) is 0 Å². The van der Waals surface area contributed by atoms with E-state index in [1.807, 2.05) is 0 Å². The molecule has 0 aromatic carbocycles. The van der Waals surface area contributed by atoms with Crippen molar-refractivity contribution in [3.63, 3.8) is 0 Å². The molecule has 0 amide bonds. The Hall–Kier alpha value is 0.633. The van der Waals surface area contributed by atoms with Gasteiger partial charge < -0.3 is 6.08 Å². The van der Waals surface area contributed by atoms with Gasteiger partial charge in [-0.15, -0.1) is 0 Å². The molecule has 0 saturated carbocycles. The Morgan fingerprint density at radius 3 is 1.50 bits per heavy atom. The molecule has 0 N–H and O–H groups in total. The van der Waals surface area contributed by atoms with Gasteiger partial charge in [0, 0.05) is 0 Å². The van der Waals surface area contributed by atoms with E-state index in [1.165, 1.54) is 16.3 Å². The van der Waals surface area contributed by atoms with E-state index in [9.17, 15) is 13.2 Å². The molecule has 0 aromatic heterocycles. The van der Waals surface area contributed by atoms with Gasteiger partial charge in [-0.3, -0.25) is 6.58 Å². The summed E-state index contributed by atoms with van der Waals surface area (Å²) >= 11 is 4.25. The van der Waals surface area contributed by atoms with Crippen molar-refractivity contribution in [1.82, 2.24) is 0 Å². The molecule has 0 spiro atoms. The number of hydrogen-bond donors (Lipinski definition) is 0. The Balaban J connectivity index is 0. The summed E-state index contributed by atoms with van der Waals surface area (Å²) in [4.78, 5) is 0. The van der Waals surface area contributed by atoms with Crippen molar-refractivity contribution in [2.24, 2.45) is 0 Å². The average molecular weight is 240 g/mol. The second-order valence-corrected chi connectivity index (χ2v) is 0.675. The van der Waals surface area contributed by atoms with Crippen LogP contribution in [-0.4, -0.2) is 6.18 Å².